The molecule has 1 aliphatic heterocycles. The lowest BCUT2D eigenvalue weighted by Crippen LogP contribution is -2.28. The number of aryl methyl sites for hydroxylation is 2. The van der Waals surface area contributed by atoms with E-state index in [0.29, 0.717) is 0 Å². The average Bonchev–Trinajstić information content (AvgIpc) is 3.39. The van der Waals surface area contributed by atoms with E-state index in [-0.39, 0.29) is 0 Å². The number of pyridine rings is 1. The minimum Gasteiger partial charge on any atom is -0.461 e. The van der Waals surface area contributed by atoms with Crippen LogP contribution in [0.5, 0.6) is 0 Å². The van der Waals surface area contributed by atoms with E-state index >= 15 is 0 Å². The quantitative estimate of drug-likeness (QED) is 0.573. The van der Waals surface area contributed by atoms with Gasteiger partial charge < -0.3 is 14.3 Å². The van der Waals surface area contributed by atoms with Gasteiger partial charge in [0.15, 0.2) is 11.6 Å². The number of furan rings is 1. The second-order valence-corrected chi connectivity index (χ2v) is 7.99. The summed E-state index contributed by atoms with van der Waals surface area (Å²) >= 11 is 1.75. The second kappa shape index (κ2) is 6.52. The smallest absolute Gasteiger partial charge is 0.177 e. The molecule has 0 aliphatic carbocycles. The Balaban J connectivity index is 1.65. The third-order valence-electron chi connectivity index (χ3n) is 5.42. The predicted octanol–water partition coefficient (Wildman–Crippen LogP) is 4.60. The number of thiophene rings is 1. The van der Waals surface area contributed by atoms with Crippen molar-refractivity contribution in [2.75, 3.05) is 13.1 Å². The van der Waals surface area contributed by atoms with E-state index < -0.39 is 0 Å². The molecule has 5 rings (SSSR count). The van der Waals surface area contributed by atoms with E-state index in [0.717, 1.165) is 53.9 Å². The first-order valence-corrected chi connectivity index (χ1v) is 10.2. The summed E-state index contributed by atoms with van der Waals surface area (Å²) in [5, 5.41) is 5.58. The van der Waals surface area contributed by atoms with Crippen molar-refractivity contribution in [3.63, 3.8) is 0 Å². The molecule has 5 nitrogen and oxygen atoms in total. The van der Waals surface area contributed by atoms with E-state index in [1.54, 1.807) is 17.6 Å². The Hall–Kier alpha value is -2.18. The SMILES string of the molecule is Cc1nc2ccsc2c2c1nc(-c1ccco1)n2CCC1CCNCC1. The third kappa shape index (κ3) is 2.64. The number of rotatable bonds is 4. The topological polar surface area (TPSA) is 55.9 Å². The number of nitrogens with zero attached hydrogens (tertiary/aromatic N) is 3. The van der Waals surface area contributed by atoms with Gasteiger partial charge in [0, 0.05) is 6.54 Å². The maximum atomic E-state index is 5.70. The fraction of sp³-hybridized carbons (Fsp3) is 0.400. The Morgan fingerprint density at radius 2 is 2.15 bits per heavy atom. The standard InChI is InChI=1S/C20H22N4OS/c1-13-17-18(19-15(22-13)7-12-26-19)24(10-6-14-4-8-21-9-5-14)20(23-17)16-3-2-11-25-16/h2-3,7,11-12,14,21H,4-6,8-10H2,1H3. The lowest BCUT2D eigenvalue weighted by Gasteiger charge is -2.23. The van der Waals surface area contributed by atoms with Gasteiger partial charge in [0.1, 0.15) is 5.52 Å². The van der Waals surface area contributed by atoms with Gasteiger partial charge in [0.05, 0.1) is 27.7 Å². The zero-order valence-electron chi connectivity index (χ0n) is 14.9. The van der Waals surface area contributed by atoms with Crippen LogP contribution >= 0.6 is 11.3 Å². The summed E-state index contributed by atoms with van der Waals surface area (Å²) in [6, 6.07) is 6.03. The molecule has 4 aromatic rings. The predicted molar refractivity (Wildman–Crippen MR) is 106 cm³/mol. The molecule has 26 heavy (non-hydrogen) atoms. The number of nitrogens with one attached hydrogen (secondary N) is 1. The highest BCUT2D eigenvalue weighted by Crippen LogP contribution is 2.34. The first-order chi connectivity index (χ1) is 12.8. The summed E-state index contributed by atoms with van der Waals surface area (Å²) in [5.74, 6) is 2.53. The van der Waals surface area contributed by atoms with E-state index in [1.807, 2.05) is 12.1 Å². The van der Waals surface area contributed by atoms with Crippen molar-refractivity contribution in [2.24, 2.45) is 5.92 Å². The summed E-state index contributed by atoms with van der Waals surface area (Å²) < 4.78 is 9.29. The van der Waals surface area contributed by atoms with Crippen LogP contribution in [0, 0.1) is 12.8 Å². The van der Waals surface area contributed by atoms with Crippen molar-refractivity contribution in [3.05, 3.63) is 35.5 Å². The van der Waals surface area contributed by atoms with Crippen LogP contribution in [0.2, 0.25) is 0 Å². The zero-order valence-corrected chi connectivity index (χ0v) is 15.7. The molecule has 1 aliphatic rings. The molecule has 4 aromatic heterocycles. The molecule has 5 heterocycles. The number of aromatic nitrogens is 3. The van der Waals surface area contributed by atoms with E-state index in [1.165, 1.54) is 29.5 Å². The minimum atomic E-state index is 0.778. The van der Waals surface area contributed by atoms with Crippen LogP contribution < -0.4 is 5.32 Å². The van der Waals surface area contributed by atoms with Crippen LogP contribution in [0.15, 0.2) is 34.3 Å². The fourth-order valence-electron chi connectivity index (χ4n) is 4.03. The molecule has 0 saturated carbocycles. The van der Waals surface area contributed by atoms with Gasteiger partial charge in [-0.05, 0) is 68.8 Å². The summed E-state index contributed by atoms with van der Waals surface area (Å²) in [6.07, 6.45) is 5.42. The Bertz CT molecular complexity index is 1040. The van der Waals surface area contributed by atoms with Gasteiger partial charge in [-0.3, -0.25) is 0 Å². The van der Waals surface area contributed by atoms with E-state index in [4.69, 9.17) is 14.4 Å². The van der Waals surface area contributed by atoms with Crippen molar-refractivity contribution in [2.45, 2.75) is 32.7 Å². The molecule has 0 atom stereocenters. The molecule has 1 N–H and O–H groups in total. The van der Waals surface area contributed by atoms with Crippen LogP contribution in [0.25, 0.3) is 32.8 Å². The van der Waals surface area contributed by atoms with Gasteiger partial charge in [-0.1, -0.05) is 0 Å². The Labute approximate surface area is 156 Å². The van der Waals surface area contributed by atoms with Gasteiger partial charge >= 0.3 is 0 Å². The third-order valence-corrected chi connectivity index (χ3v) is 6.33. The summed E-state index contributed by atoms with van der Waals surface area (Å²) in [4.78, 5) is 9.69. The summed E-state index contributed by atoms with van der Waals surface area (Å²) in [5.41, 5.74) is 4.26. The molecule has 0 aromatic carbocycles. The normalized spacial score (nSPS) is 16.0. The van der Waals surface area contributed by atoms with Crippen LogP contribution in [-0.2, 0) is 6.54 Å². The Morgan fingerprint density at radius 3 is 2.96 bits per heavy atom. The monoisotopic (exact) mass is 366 g/mol. The van der Waals surface area contributed by atoms with Gasteiger partial charge in [0.2, 0.25) is 0 Å². The van der Waals surface area contributed by atoms with E-state index in [9.17, 15) is 0 Å². The lowest BCUT2D eigenvalue weighted by atomic mass is 9.95. The highest BCUT2D eigenvalue weighted by Gasteiger charge is 2.21. The number of fused-ring (bicyclic) bond motifs is 3. The zero-order chi connectivity index (χ0) is 17.5. The van der Waals surface area contributed by atoms with Gasteiger partial charge in [-0.25, -0.2) is 9.97 Å². The first-order valence-electron chi connectivity index (χ1n) is 9.30. The number of piperidine rings is 1. The van der Waals surface area contributed by atoms with Crippen LogP contribution in [-0.4, -0.2) is 27.6 Å². The van der Waals surface area contributed by atoms with Crippen molar-refractivity contribution >= 4 is 32.6 Å². The number of hydrogen-bond acceptors (Lipinski definition) is 5. The van der Waals surface area contributed by atoms with Gasteiger partial charge in [-0.15, -0.1) is 11.3 Å². The largest absolute Gasteiger partial charge is 0.461 e. The molecule has 134 valence electrons. The molecule has 1 saturated heterocycles. The molecular weight excluding hydrogens is 344 g/mol. The highest BCUT2D eigenvalue weighted by atomic mass is 32.1. The molecule has 0 radical (unpaired) electrons. The van der Waals surface area contributed by atoms with Crippen LogP contribution in [0.4, 0.5) is 0 Å². The van der Waals surface area contributed by atoms with Crippen molar-refractivity contribution in [1.82, 2.24) is 19.9 Å². The van der Waals surface area contributed by atoms with Gasteiger partial charge in [-0.2, -0.15) is 0 Å². The fourth-order valence-corrected chi connectivity index (χ4v) is 4.92. The lowest BCUT2D eigenvalue weighted by molar-refractivity contribution is 0.339. The van der Waals surface area contributed by atoms with Crippen molar-refractivity contribution < 1.29 is 4.42 Å². The molecular formula is C20H22N4OS. The van der Waals surface area contributed by atoms with Crippen molar-refractivity contribution in [3.8, 4) is 11.6 Å². The maximum absolute atomic E-state index is 5.70. The van der Waals surface area contributed by atoms with Gasteiger partial charge in [0.25, 0.3) is 0 Å². The Morgan fingerprint density at radius 1 is 1.27 bits per heavy atom. The molecule has 0 unspecified atom stereocenters. The van der Waals surface area contributed by atoms with E-state index in [2.05, 4.69) is 28.3 Å². The molecule has 6 heteroatoms. The first kappa shape index (κ1) is 16.0. The molecule has 1 fully saturated rings. The highest BCUT2D eigenvalue weighted by molar-refractivity contribution is 7.18. The minimum absolute atomic E-state index is 0.778. The Kier molecular flexibility index (Phi) is 4.02. The maximum Gasteiger partial charge on any atom is 0.177 e. The van der Waals surface area contributed by atoms with Crippen LogP contribution in [0.3, 0.4) is 0 Å². The summed E-state index contributed by atoms with van der Waals surface area (Å²) in [6.45, 7) is 5.29. The number of hydrogen-bond donors (Lipinski definition) is 1. The molecule has 0 bridgehead atoms. The van der Waals surface area contributed by atoms with Crippen LogP contribution in [0.1, 0.15) is 25.0 Å². The number of imidazole rings is 1. The molecule has 0 spiro atoms. The average molecular weight is 366 g/mol. The van der Waals surface area contributed by atoms with Crippen molar-refractivity contribution in [1.29, 1.82) is 0 Å². The molecule has 0 amide bonds. The second-order valence-electron chi connectivity index (χ2n) is 7.08. The summed E-state index contributed by atoms with van der Waals surface area (Å²) in [7, 11) is 0.